The highest BCUT2D eigenvalue weighted by Gasteiger charge is 2.17. The molecule has 0 saturated heterocycles. The molecule has 0 aliphatic carbocycles. The first-order chi connectivity index (χ1) is 12.6. The summed E-state index contributed by atoms with van der Waals surface area (Å²) in [7, 11) is 0. The highest BCUT2D eigenvalue weighted by molar-refractivity contribution is 9.10. The lowest BCUT2D eigenvalue weighted by Crippen LogP contribution is -2.28. The Bertz CT molecular complexity index is 814. The summed E-state index contributed by atoms with van der Waals surface area (Å²) in [6, 6.07) is 12.1. The molecule has 6 nitrogen and oxygen atoms in total. The van der Waals surface area contributed by atoms with E-state index < -0.39 is 17.6 Å². The van der Waals surface area contributed by atoms with Crippen LogP contribution in [0.4, 0.5) is 10.5 Å². The number of anilines is 1. The van der Waals surface area contributed by atoms with Gasteiger partial charge in [-0.25, -0.2) is 4.79 Å². The number of aromatic hydroxyl groups is 1. The van der Waals surface area contributed by atoms with Gasteiger partial charge in [-0.15, -0.1) is 0 Å². The van der Waals surface area contributed by atoms with Crippen LogP contribution in [-0.2, 0) is 11.2 Å². The maximum Gasteiger partial charge on any atom is 0.412 e. The first-order valence-corrected chi connectivity index (χ1v) is 9.29. The molecular weight excluding hydrogens is 412 g/mol. The average molecular weight is 435 g/mol. The Morgan fingerprint density at radius 1 is 1.11 bits per heavy atom. The Morgan fingerprint density at radius 2 is 1.78 bits per heavy atom. The molecule has 0 aromatic heterocycles. The van der Waals surface area contributed by atoms with Crippen molar-refractivity contribution >= 4 is 33.6 Å². The Morgan fingerprint density at radius 3 is 2.41 bits per heavy atom. The van der Waals surface area contributed by atoms with Gasteiger partial charge in [0.05, 0.1) is 5.56 Å². The number of nitrogens with one attached hydrogen (secondary N) is 2. The van der Waals surface area contributed by atoms with Crippen molar-refractivity contribution in [1.29, 1.82) is 0 Å². The molecule has 0 radical (unpaired) electrons. The lowest BCUT2D eigenvalue weighted by Gasteiger charge is -2.19. The van der Waals surface area contributed by atoms with Crippen LogP contribution >= 0.6 is 15.9 Å². The Labute approximate surface area is 167 Å². The lowest BCUT2D eigenvalue weighted by atomic mass is 10.1. The van der Waals surface area contributed by atoms with Crippen LogP contribution in [0.15, 0.2) is 46.9 Å². The monoisotopic (exact) mass is 434 g/mol. The van der Waals surface area contributed by atoms with Crippen molar-refractivity contribution in [2.45, 2.75) is 32.8 Å². The number of halogens is 1. The van der Waals surface area contributed by atoms with E-state index >= 15 is 0 Å². The van der Waals surface area contributed by atoms with Crippen molar-refractivity contribution in [2.24, 2.45) is 0 Å². The Kier molecular flexibility index (Phi) is 6.85. The van der Waals surface area contributed by atoms with E-state index in [4.69, 9.17) is 4.74 Å². The summed E-state index contributed by atoms with van der Waals surface area (Å²) in [4.78, 5) is 24.2. The van der Waals surface area contributed by atoms with Crippen molar-refractivity contribution in [3.63, 3.8) is 0 Å². The molecular formula is C20H23BrN2O4. The molecule has 2 aromatic carbocycles. The predicted molar refractivity (Wildman–Crippen MR) is 108 cm³/mol. The van der Waals surface area contributed by atoms with Crippen LogP contribution in [0.5, 0.6) is 5.75 Å². The van der Waals surface area contributed by atoms with Gasteiger partial charge < -0.3 is 15.2 Å². The quantitative estimate of drug-likeness (QED) is 0.605. The summed E-state index contributed by atoms with van der Waals surface area (Å²) < 4.78 is 6.17. The fraction of sp³-hybridized carbons (Fsp3) is 0.300. The first kappa shape index (κ1) is 20.8. The number of ether oxygens (including phenoxy) is 1. The largest absolute Gasteiger partial charge is 0.507 e. The van der Waals surface area contributed by atoms with Gasteiger partial charge in [-0.3, -0.25) is 10.1 Å². The van der Waals surface area contributed by atoms with Gasteiger partial charge >= 0.3 is 6.09 Å². The minimum atomic E-state index is -0.631. The molecule has 0 spiro atoms. The molecule has 2 amide bonds. The summed E-state index contributed by atoms with van der Waals surface area (Å²) in [5.74, 6) is -0.580. The van der Waals surface area contributed by atoms with E-state index in [1.165, 1.54) is 18.2 Å². The topological polar surface area (TPSA) is 87.7 Å². The second-order valence-electron chi connectivity index (χ2n) is 6.99. The van der Waals surface area contributed by atoms with Crippen LogP contribution in [0, 0.1) is 0 Å². The van der Waals surface area contributed by atoms with Crippen LogP contribution in [0.3, 0.4) is 0 Å². The maximum absolute atomic E-state index is 12.4. The number of carbonyl (C=O) groups excluding carboxylic acids is 2. The zero-order valence-corrected chi connectivity index (χ0v) is 17.1. The van der Waals surface area contributed by atoms with E-state index in [1.54, 1.807) is 20.8 Å². The molecule has 27 heavy (non-hydrogen) atoms. The summed E-state index contributed by atoms with van der Waals surface area (Å²) >= 11 is 3.38. The van der Waals surface area contributed by atoms with Gasteiger partial charge in [0.15, 0.2) is 0 Å². The van der Waals surface area contributed by atoms with Gasteiger partial charge in [-0.05, 0) is 63.1 Å². The molecule has 0 heterocycles. The molecule has 0 fully saturated rings. The molecule has 0 unspecified atom stereocenters. The van der Waals surface area contributed by atoms with E-state index in [9.17, 15) is 14.7 Å². The normalized spacial score (nSPS) is 11.0. The minimum Gasteiger partial charge on any atom is -0.507 e. The summed E-state index contributed by atoms with van der Waals surface area (Å²) in [6.07, 6.45) is 0.0325. The van der Waals surface area contributed by atoms with Crippen LogP contribution in [-0.4, -0.2) is 29.3 Å². The van der Waals surface area contributed by atoms with Crippen molar-refractivity contribution in [3.8, 4) is 5.75 Å². The average Bonchev–Trinajstić information content (AvgIpc) is 2.56. The first-order valence-electron chi connectivity index (χ1n) is 8.50. The van der Waals surface area contributed by atoms with Gasteiger partial charge in [0, 0.05) is 16.7 Å². The summed E-state index contributed by atoms with van der Waals surface area (Å²) in [5, 5.41) is 15.3. The molecule has 7 heteroatoms. The number of benzene rings is 2. The number of carbonyl (C=O) groups is 2. The zero-order chi connectivity index (χ0) is 20.0. The van der Waals surface area contributed by atoms with E-state index in [1.807, 2.05) is 24.3 Å². The van der Waals surface area contributed by atoms with E-state index in [2.05, 4.69) is 26.6 Å². The summed E-state index contributed by atoms with van der Waals surface area (Å²) in [6.45, 7) is 5.69. The predicted octanol–water partition coefficient (Wildman–Crippen LogP) is 4.47. The molecule has 3 N–H and O–H groups in total. The smallest absolute Gasteiger partial charge is 0.412 e. The molecule has 2 rings (SSSR count). The van der Waals surface area contributed by atoms with Crippen LogP contribution in [0.25, 0.3) is 0 Å². The maximum atomic E-state index is 12.4. The second-order valence-corrected chi connectivity index (χ2v) is 7.91. The highest BCUT2D eigenvalue weighted by atomic mass is 79.9. The second kappa shape index (κ2) is 8.90. The molecule has 0 aliphatic rings. The summed E-state index contributed by atoms with van der Waals surface area (Å²) in [5.41, 5.74) is 0.899. The molecule has 0 atom stereocenters. The molecule has 144 valence electrons. The molecule has 0 bridgehead atoms. The van der Waals surface area contributed by atoms with Crippen LogP contribution in [0.2, 0.25) is 0 Å². The van der Waals surface area contributed by atoms with Crippen LogP contribution < -0.4 is 10.6 Å². The fourth-order valence-corrected chi connectivity index (χ4v) is 2.55. The number of phenolic OH excluding ortho intramolecular Hbond substituents is 1. The number of phenols is 1. The Hall–Kier alpha value is -2.54. The third-order valence-electron chi connectivity index (χ3n) is 3.50. The van der Waals surface area contributed by atoms with Crippen molar-refractivity contribution in [2.75, 3.05) is 11.9 Å². The van der Waals surface area contributed by atoms with Gasteiger partial charge in [0.1, 0.15) is 11.4 Å². The van der Waals surface area contributed by atoms with E-state index in [0.717, 1.165) is 10.0 Å². The zero-order valence-electron chi connectivity index (χ0n) is 15.5. The molecule has 0 saturated carbocycles. The number of amides is 2. The van der Waals surface area contributed by atoms with Gasteiger partial charge in [0.2, 0.25) is 0 Å². The third kappa shape index (κ3) is 6.94. The third-order valence-corrected chi connectivity index (χ3v) is 4.03. The molecule has 0 aliphatic heterocycles. The Balaban J connectivity index is 1.96. The van der Waals surface area contributed by atoms with E-state index in [0.29, 0.717) is 18.7 Å². The van der Waals surface area contributed by atoms with E-state index in [-0.39, 0.29) is 11.3 Å². The number of hydrogen-bond acceptors (Lipinski definition) is 4. The standard InChI is InChI=1S/C20H23BrN2O4/c1-20(2,3)27-19(26)23-15-8-9-17(24)16(12-15)18(25)22-11-10-13-4-6-14(21)7-5-13/h4-9,12,24H,10-11H2,1-3H3,(H,22,25)(H,23,26). The number of hydrogen-bond donors (Lipinski definition) is 3. The van der Waals surface area contributed by atoms with Gasteiger partial charge in [-0.1, -0.05) is 28.1 Å². The fourth-order valence-electron chi connectivity index (χ4n) is 2.28. The van der Waals surface area contributed by atoms with Crippen molar-refractivity contribution in [1.82, 2.24) is 5.32 Å². The van der Waals surface area contributed by atoms with Gasteiger partial charge in [-0.2, -0.15) is 0 Å². The highest BCUT2D eigenvalue weighted by Crippen LogP contribution is 2.22. The lowest BCUT2D eigenvalue weighted by molar-refractivity contribution is 0.0635. The van der Waals surface area contributed by atoms with Crippen LogP contribution in [0.1, 0.15) is 36.7 Å². The molecule has 2 aromatic rings. The van der Waals surface area contributed by atoms with Crippen molar-refractivity contribution in [3.05, 3.63) is 58.1 Å². The van der Waals surface area contributed by atoms with Gasteiger partial charge in [0.25, 0.3) is 5.91 Å². The minimum absolute atomic E-state index is 0.0827. The SMILES string of the molecule is CC(C)(C)OC(=O)Nc1ccc(O)c(C(=O)NCCc2ccc(Br)cc2)c1. The van der Waals surface area contributed by atoms with Crippen molar-refractivity contribution < 1.29 is 19.4 Å². The number of rotatable bonds is 5.